The van der Waals surface area contributed by atoms with Gasteiger partial charge in [-0.05, 0) is 61.4 Å². The maximum Gasteiger partial charge on any atom is 0.251 e. The van der Waals surface area contributed by atoms with Crippen molar-refractivity contribution in [1.82, 2.24) is 14.9 Å². The normalized spacial score (nSPS) is 10.8. The Labute approximate surface area is 191 Å². The zero-order valence-electron chi connectivity index (χ0n) is 18.3. The number of hydrogen-bond donors (Lipinski definition) is 2. The van der Waals surface area contributed by atoms with E-state index in [0.29, 0.717) is 30.6 Å². The molecule has 4 rings (SSSR count). The number of fused-ring (bicyclic) bond motifs is 1. The van der Waals surface area contributed by atoms with Crippen LogP contribution in [0.4, 0.5) is 10.1 Å². The number of aromatic nitrogens is 2. The first-order valence-electron chi connectivity index (χ1n) is 10.8. The topological polar surface area (TPSA) is 76.0 Å². The van der Waals surface area contributed by atoms with Gasteiger partial charge in [-0.2, -0.15) is 0 Å². The third-order valence-electron chi connectivity index (χ3n) is 5.42. The molecule has 1 heterocycles. The largest absolute Gasteiger partial charge is 0.352 e. The van der Waals surface area contributed by atoms with Crippen LogP contribution in [0.25, 0.3) is 11.0 Å². The van der Waals surface area contributed by atoms with E-state index < -0.39 is 0 Å². The molecular formula is C26H25FN4O2. The number of rotatable bonds is 8. The number of benzene rings is 3. The number of carbonyl (C=O) groups is 2. The zero-order valence-corrected chi connectivity index (χ0v) is 18.3. The zero-order chi connectivity index (χ0) is 23.2. The van der Waals surface area contributed by atoms with Crippen LogP contribution < -0.4 is 10.6 Å². The van der Waals surface area contributed by atoms with E-state index in [0.717, 1.165) is 22.4 Å². The lowest BCUT2D eigenvalue weighted by Gasteiger charge is -2.11. The van der Waals surface area contributed by atoms with Gasteiger partial charge in [-0.3, -0.25) is 9.59 Å². The van der Waals surface area contributed by atoms with Crippen LogP contribution in [0.15, 0.2) is 72.8 Å². The molecule has 4 aromatic rings. The molecule has 0 fully saturated rings. The van der Waals surface area contributed by atoms with Gasteiger partial charge in [-0.15, -0.1) is 0 Å². The molecule has 0 unspecified atom stereocenters. The van der Waals surface area contributed by atoms with Crippen molar-refractivity contribution in [2.24, 2.45) is 0 Å². The maximum atomic E-state index is 13.1. The number of nitrogens with zero attached hydrogens (tertiary/aromatic N) is 2. The van der Waals surface area contributed by atoms with E-state index >= 15 is 0 Å². The molecule has 0 atom stereocenters. The van der Waals surface area contributed by atoms with Gasteiger partial charge < -0.3 is 15.2 Å². The van der Waals surface area contributed by atoms with Crippen molar-refractivity contribution in [3.05, 3.63) is 95.6 Å². The fourth-order valence-corrected chi connectivity index (χ4v) is 3.74. The van der Waals surface area contributed by atoms with Gasteiger partial charge in [0.1, 0.15) is 18.2 Å². The highest BCUT2D eigenvalue weighted by Gasteiger charge is 2.14. The quantitative estimate of drug-likeness (QED) is 0.393. The Morgan fingerprint density at radius 2 is 1.70 bits per heavy atom. The van der Waals surface area contributed by atoms with E-state index in [9.17, 15) is 14.0 Å². The number of imidazole rings is 1. The van der Waals surface area contributed by atoms with E-state index in [1.165, 1.54) is 24.3 Å². The number of halogens is 1. The Kier molecular flexibility index (Phi) is 6.78. The van der Waals surface area contributed by atoms with Crippen LogP contribution in [0.2, 0.25) is 0 Å². The van der Waals surface area contributed by atoms with Gasteiger partial charge in [0.15, 0.2) is 0 Å². The van der Waals surface area contributed by atoms with Crippen molar-refractivity contribution in [2.75, 3.05) is 11.9 Å². The lowest BCUT2D eigenvalue weighted by Crippen LogP contribution is -2.26. The lowest BCUT2D eigenvalue weighted by atomic mass is 10.1. The molecule has 7 heteroatoms. The molecule has 3 aromatic carbocycles. The van der Waals surface area contributed by atoms with Gasteiger partial charge in [-0.25, -0.2) is 9.37 Å². The molecule has 2 N–H and O–H groups in total. The number of amides is 2. The molecule has 2 amide bonds. The minimum atomic E-state index is -0.356. The van der Waals surface area contributed by atoms with Gasteiger partial charge >= 0.3 is 0 Å². The summed E-state index contributed by atoms with van der Waals surface area (Å²) in [6, 6.07) is 20.8. The van der Waals surface area contributed by atoms with Crippen LogP contribution in [-0.2, 0) is 17.8 Å². The molecule has 0 saturated carbocycles. The van der Waals surface area contributed by atoms with E-state index in [1.807, 2.05) is 60.0 Å². The summed E-state index contributed by atoms with van der Waals surface area (Å²) < 4.78 is 15.0. The average molecular weight is 445 g/mol. The van der Waals surface area contributed by atoms with Crippen LogP contribution in [0.1, 0.15) is 28.2 Å². The summed E-state index contributed by atoms with van der Waals surface area (Å²) in [6.45, 7) is 2.50. The highest BCUT2D eigenvalue weighted by Crippen LogP contribution is 2.18. The van der Waals surface area contributed by atoms with Crippen molar-refractivity contribution >= 4 is 28.5 Å². The second-order valence-corrected chi connectivity index (χ2v) is 7.83. The van der Waals surface area contributed by atoms with E-state index in [2.05, 4.69) is 10.6 Å². The predicted molar refractivity (Wildman–Crippen MR) is 127 cm³/mol. The molecule has 168 valence electrons. The van der Waals surface area contributed by atoms with Gasteiger partial charge in [0.05, 0.1) is 11.0 Å². The molecule has 1 aromatic heterocycles. The SMILES string of the molecule is Cc1ccccc1C(=O)NCCCc1nc2ccccc2n1CC(=O)Nc1ccc(F)cc1. The predicted octanol–water partition coefficient (Wildman–Crippen LogP) is 4.49. The molecule has 0 aliphatic heterocycles. The molecule has 0 aliphatic carbocycles. The Balaban J connectivity index is 1.41. The van der Waals surface area contributed by atoms with Crippen LogP contribution in [-0.4, -0.2) is 27.9 Å². The summed E-state index contributed by atoms with van der Waals surface area (Å²) >= 11 is 0. The third-order valence-corrected chi connectivity index (χ3v) is 5.42. The van der Waals surface area contributed by atoms with Crippen LogP contribution >= 0.6 is 0 Å². The molecule has 0 saturated heterocycles. The van der Waals surface area contributed by atoms with Crippen molar-refractivity contribution < 1.29 is 14.0 Å². The monoisotopic (exact) mass is 444 g/mol. The minimum Gasteiger partial charge on any atom is -0.352 e. The summed E-state index contributed by atoms with van der Waals surface area (Å²) in [5, 5.41) is 5.75. The van der Waals surface area contributed by atoms with Crippen LogP contribution in [0, 0.1) is 12.7 Å². The van der Waals surface area contributed by atoms with Crippen molar-refractivity contribution in [1.29, 1.82) is 0 Å². The standard InChI is InChI=1S/C26H25FN4O2/c1-18-7-2-3-8-21(18)26(33)28-16-6-11-24-30-22-9-4-5-10-23(22)31(24)17-25(32)29-20-14-12-19(27)13-15-20/h2-5,7-10,12-15H,6,11,16-17H2,1H3,(H,28,33)(H,29,32). The van der Waals surface area contributed by atoms with Crippen molar-refractivity contribution in [3.63, 3.8) is 0 Å². The van der Waals surface area contributed by atoms with Crippen LogP contribution in [0.3, 0.4) is 0 Å². The van der Waals surface area contributed by atoms with E-state index in [4.69, 9.17) is 4.98 Å². The summed E-state index contributed by atoms with van der Waals surface area (Å²) in [5.74, 6) is 0.0974. The maximum absolute atomic E-state index is 13.1. The van der Waals surface area contributed by atoms with Gasteiger partial charge in [0.25, 0.3) is 5.91 Å². The first-order valence-corrected chi connectivity index (χ1v) is 10.8. The van der Waals surface area contributed by atoms with E-state index in [-0.39, 0.29) is 24.2 Å². The average Bonchev–Trinajstić information content (AvgIpc) is 3.15. The molecule has 0 spiro atoms. The van der Waals surface area contributed by atoms with Crippen LogP contribution in [0.5, 0.6) is 0 Å². The van der Waals surface area contributed by atoms with Gasteiger partial charge in [0, 0.05) is 24.2 Å². The fraction of sp³-hybridized carbons (Fsp3) is 0.192. The summed E-state index contributed by atoms with van der Waals surface area (Å²) in [5.41, 5.74) is 3.81. The first-order chi connectivity index (χ1) is 16.0. The Hall–Kier alpha value is -4.00. The second-order valence-electron chi connectivity index (χ2n) is 7.83. The number of aryl methyl sites for hydroxylation is 2. The lowest BCUT2D eigenvalue weighted by molar-refractivity contribution is -0.116. The number of para-hydroxylation sites is 2. The molecule has 33 heavy (non-hydrogen) atoms. The smallest absolute Gasteiger partial charge is 0.251 e. The molecule has 0 radical (unpaired) electrons. The number of nitrogens with one attached hydrogen (secondary N) is 2. The highest BCUT2D eigenvalue weighted by atomic mass is 19.1. The Morgan fingerprint density at radius 3 is 2.48 bits per heavy atom. The van der Waals surface area contributed by atoms with E-state index in [1.54, 1.807) is 0 Å². The molecule has 0 bridgehead atoms. The van der Waals surface area contributed by atoms with Gasteiger partial charge in [-0.1, -0.05) is 30.3 Å². The van der Waals surface area contributed by atoms with Crippen molar-refractivity contribution in [3.8, 4) is 0 Å². The minimum absolute atomic E-state index is 0.0861. The second kappa shape index (κ2) is 10.1. The summed E-state index contributed by atoms with van der Waals surface area (Å²) in [7, 11) is 0. The Bertz CT molecular complexity index is 1280. The fourth-order valence-electron chi connectivity index (χ4n) is 3.74. The molecule has 0 aliphatic rings. The number of anilines is 1. The third kappa shape index (κ3) is 5.44. The number of carbonyl (C=O) groups excluding carboxylic acids is 2. The highest BCUT2D eigenvalue weighted by molar-refractivity contribution is 5.95. The van der Waals surface area contributed by atoms with Crippen molar-refractivity contribution in [2.45, 2.75) is 26.3 Å². The molecule has 6 nitrogen and oxygen atoms in total. The molecular weight excluding hydrogens is 419 g/mol. The number of hydrogen-bond acceptors (Lipinski definition) is 3. The summed E-state index contributed by atoms with van der Waals surface area (Å²) in [6.07, 6.45) is 1.28. The van der Waals surface area contributed by atoms with Gasteiger partial charge in [0.2, 0.25) is 5.91 Å². The Morgan fingerprint density at radius 1 is 0.970 bits per heavy atom. The first kappa shape index (κ1) is 22.2. The summed E-state index contributed by atoms with van der Waals surface area (Å²) in [4.78, 5) is 29.8.